The molecular formula is C18H23N5O4S2. The van der Waals surface area contributed by atoms with E-state index in [0.29, 0.717) is 18.8 Å². The number of hydrogen-bond acceptors (Lipinski definition) is 7. The largest absolute Gasteiger partial charge is 0.325 e. The molecule has 1 fully saturated rings. The van der Waals surface area contributed by atoms with Crippen LogP contribution >= 0.6 is 11.8 Å². The molecule has 0 radical (unpaired) electrons. The van der Waals surface area contributed by atoms with Crippen LogP contribution in [0.2, 0.25) is 0 Å². The van der Waals surface area contributed by atoms with E-state index in [9.17, 15) is 18.0 Å². The predicted molar refractivity (Wildman–Crippen MR) is 110 cm³/mol. The van der Waals surface area contributed by atoms with Gasteiger partial charge in [-0.25, -0.2) is 8.42 Å². The second-order valence-electron chi connectivity index (χ2n) is 6.73. The molecule has 2 N–H and O–H groups in total. The van der Waals surface area contributed by atoms with Crippen molar-refractivity contribution in [2.24, 2.45) is 0 Å². The lowest BCUT2D eigenvalue weighted by Gasteiger charge is -2.20. The number of anilines is 1. The molecule has 0 atom stereocenters. The molecule has 2 aromatic rings. The summed E-state index contributed by atoms with van der Waals surface area (Å²) in [6, 6.07) is 6.25. The summed E-state index contributed by atoms with van der Waals surface area (Å²) in [7, 11) is -3.59. The fourth-order valence-corrected chi connectivity index (χ4v) is 5.11. The Kier molecular flexibility index (Phi) is 7.04. The maximum atomic E-state index is 12.9. The van der Waals surface area contributed by atoms with Crippen LogP contribution in [-0.4, -0.2) is 52.7 Å². The zero-order valence-corrected chi connectivity index (χ0v) is 17.7. The number of nitrogens with one attached hydrogen (secondary N) is 2. The van der Waals surface area contributed by atoms with E-state index < -0.39 is 10.0 Å². The molecule has 0 aliphatic carbocycles. The Balaban J connectivity index is 1.64. The number of thioether (sulfide) groups is 1. The van der Waals surface area contributed by atoms with Crippen molar-refractivity contribution in [1.82, 2.24) is 19.5 Å². The highest BCUT2D eigenvalue weighted by atomic mass is 32.2. The van der Waals surface area contributed by atoms with Gasteiger partial charge in [-0.15, -0.1) is 10.2 Å². The Bertz CT molecular complexity index is 1030. The average molecular weight is 438 g/mol. The van der Waals surface area contributed by atoms with Crippen molar-refractivity contribution in [3.63, 3.8) is 0 Å². The molecule has 1 aliphatic heterocycles. The number of aromatic nitrogens is 3. The smallest absolute Gasteiger partial charge is 0.273 e. The molecule has 1 saturated heterocycles. The number of sulfonamides is 1. The summed E-state index contributed by atoms with van der Waals surface area (Å²) in [5, 5.41) is 10.5. The maximum absolute atomic E-state index is 12.9. The Hall–Kier alpha value is -2.24. The molecule has 11 heteroatoms. The number of hydrogen-bond donors (Lipinski definition) is 2. The van der Waals surface area contributed by atoms with E-state index in [1.165, 1.54) is 16.4 Å². The number of nitrogens with zero attached hydrogens (tertiary/aromatic N) is 3. The van der Waals surface area contributed by atoms with Crippen LogP contribution in [0.3, 0.4) is 0 Å². The summed E-state index contributed by atoms with van der Waals surface area (Å²) in [6.45, 7) is 2.58. The number of rotatable bonds is 6. The first-order chi connectivity index (χ1) is 13.9. The van der Waals surface area contributed by atoms with Crippen molar-refractivity contribution in [1.29, 1.82) is 0 Å². The Morgan fingerprint density at radius 3 is 2.62 bits per heavy atom. The molecule has 0 unspecified atom stereocenters. The van der Waals surface area contributed by atoms with E-state index in [1.54, 1.807) is 19.1 Å². The number of aryl methyl sites for hydroxylation is 1. The molecular weight excluding hydrogens is 414 g/mol. The molecule has 3 rings (SSSR count). The second kappa shape index (κ2) is 9.51. The lowest BCUT2D eigenvalue weighted by atomic mass is 10.2. The highest BCUT2D eigenvalue weighted by molar-refractivity contribution is 7.99. The van der Waals surface area contributed by atoms with Crippen molar-refractivity contribution >= 4 is 33.4 Å². The van der Waals surface area contributed by atoms with Crippen LogP contribution in [0.15, 0.2) is 39.1 Å². The number of benzene rings is 1. The van der Waals surface area contributed by atoms with Crippen LogP contribution in [0.4, 0.5) is 5.69 Å². The van der Waals surface area contributed by atoms with Gasteiger partial charge in [0, 0.05) is 18.8 Å². The minimum atomic E-state index is -3.59. The van der Waals surface area contributed by atoms with Gasteiger partial charge >= 0.3 is 0 Å². The number of amides is 1. The number of carbonyl (C=O) groups is 1. The maximum Gasteiger partial charge on any atom is 0.273 e. The van der Waals surface area contributed by atoms with Gasteiger partial charge in [0.15, 0.2) is 5.16 Å². The highest BCUT2D eigenvalue weighted by Gasteiger charge is 2.25. The molecule has 0 spiro atoms. The first kappa shape index (κ1) is 21.5. The van der Waals surface area contributed by atoms with E-state index in [2.05, 4.69) is 20.5 Å². The first-order valence-electron chi connectivity index (χ1n) is 9.33. The summed E-state index contributed by atoms with van der Waals surface area (Å²) in [6.07, 6.45) is 3.79. The summed E-state index contributed by atoms with van der Waals surface area (Å²) < 4.78 is 27.3. The molecule has 1 amide bonds. The van der Waals surface area contributed by atoms with Crippen molar-refractivity contribution in [2.75, 3.05) is 24.2 Å². The van der Waals surface area contributed by atoms with Gasteiger partial charge in [0.2, 0.25) is 15.9 Å². The van der Waals surface area contributed by atoms with Gasteiger partial charge in [-0.3, -0.25) is 14.6 Å². The van der Waals surface area contributed by atoms with Crippen LogP contribution in [0.1, 0.15) is 31.4 Å². The molecule has 2 heterocycles. The van der Waals surface area contributed by atoms with Crippen LogP contribution in [0.25, 0.3) is 0 Å². The van der Waals surface area contributed by atoms with Gasteiger partial charge in [-0.2, -0.15) is 4.31 Å². The van der Waals surface area contributed by atoms with Gasteiger partial charge in [0.25, 0.3) is 5.56 Å². The molecule has 156 valence electrons. The zero-order valence-electron chi connectivity index (χ0n) is 16.1. The van der Waals surface area contributed by atoms with E-state index >= 15 is 0 Å². The lowest BCUT2D eigenvalue weighted by Crippen LogP contribution is -2.32. The van der Waals surface area contributed by atoms with E-state index in [4.69, 9.17) is 0 Å². The standard InChI is InChI=1S/C18H23N5O4S2/c1-13-17(25)20-18(22-21-13)28-12-16(24)19-14-7-6-8-15(11-14)29(26,27)23-9-4-2-3-5-10-23/h6-8,11H,2-5,9-10,12H2,1H3,(H,19,24)(H,20,22,25). The zero-order chi connectivity index (χ0) is 20.9. The summed E-state index contributed by atoms with van der Waals surface area (Å²) in [4.78, 5) is 26.4. The van der Waals surface area contributed by atoms with Crippen molar-refractivity contribution in [3.05, 3.63) is 40.3 Å². The van der Waals surface area contributed by atoms with Gasteiger partial charge in [-0.1, -0.05) is 30.7 Å². The van der Waals surface area contributed by atoms with E-state index in [-0.39, 0.29) is 33.0 Å². The molecule has 0 saturated carbocycles. The normalized spacial score (nSPS) is 15.6. The van der Waals surface area contributed by atoms with Crippen LogP contribution in [0, 0.1) is 6.92 Å². The van der Waals surface area contributed by atoms with Crippen molar-refractivity contribution in [3.8, 4) is 0 Å². The third-order valence-corrected chi connectivity index (χ3v) is 7.26. The van der Waals surface area contributed by atoms with Gasteiger partial charge in [0.1, 0.15) is 5.69 Å². The van der Waals surface area contributed by atoms with Gasteiger partial charge in [0.05, 0.1) is 10.6 Å². The Labute approximate surface area is 173 Å². The molecule has 1 aliphatic rings. The minimum Gasteiger partial charge on any atom is -0.325 e. The van der Waals surface area contributed by atoms with Crippen molar-refractivity contribution in [2.45, 2.75) is 42.7 Å². The Morgan fingerprint density at radius 2 is 1.93 bits per heavy atom. The van der Waals surface area contributed by atoms with Crippen LogP contribution < -0.4 is 10.9 Å². The van der Waals surface area contributed by atoms with Gasteiger partial charge in [-0.05, 0) is 38.0 Å². The molecule has 1 aromatic heterocycles. The van der Waals surface area contributed by atoms with Gasteiger partial charge < -0.3 is 5.32 Å². The number of aromatic amines is 1. The molecule has 0 bridgehead atoms. The topological polar surface area (TPSA) is 125 Å². The second-order valence-corrected chi connectivity index (χ2v) is 9.63. The SMILES string of the molecule is Cc1nnc(SCC(=O)Nc2cccc(S(=O)(=O)N3CCCCCC3)c2)[nH]c1=O. The quantitative estimate of drug-likeness (QED) is 0.660. The lowest BCUT2D eigenvalue weighted by molar-refractivity contribution is -0.113. The fourth-order valence-electron chi connectivity index (χ4n) is 2.94. The van der Waals surface area contributed by atoms with Crippen molar-refractivity contribution < 1.29 is 13.2 Å². The predicted octanol–water partition coefficient (Wildman–Crippen LogP) is 1.77. The minimum absolute atomic E-state index is 0.00319. The number of H-pyrrole nitrogens is 1. The summed E-state index contributed by atoms with van der Waals surface area (Å²) in [5.74, 6) is -0.348. The highest BCUT2D eigenvalue weighted by Crippen LogP contribution is 2.23. The van der Waals surface area contributed by atoms with Crippen LogP contribution in [-0.2, 0) is 14.8 Å². The third-order valence-electron chi connectivity index (χ3n) is 4.50. The third kappa shape index (κ3) is 5.64. The first-order valence-corrected chi connectivity index (χ1v) is 11.8. The van der Waals surface area contributed by atoms with Crippen LogP contribution in [0.5, 0.6) is 0 Å². The molecule has 29 heavy (non-hydrogen) atoms. The fraction of sp³-hybridized carbons (Fsp3) is 0.444. The summed E-state index contributed by atoms with van der Waals surface area (Å²) >= 11 is 1.04. The summed E-state index contributed by atoms with van der Waals surface area (Å²) in [5.41, 5.74) is 0.297. The average Bonchev–Trinajstić information content (AvgIpc) is 2.99. The monoisotopic (exact) mass is 437 g/mol. The number of carbonyl (C=O) groups excluding carboxylic acids is 1. The van der Waals surface area contributed by atoms with E-state index in [1.807, 2.05) is 0 Å². The molecule has 9 nitrogen and oxygen atoms in total. The Morgan fingerprint density at radius 1 is 1.21 bits per heavy atom. The molecule has 1 aromatic carbocycles. The van der Waals surface area contributed by atoms with E-state index in [0.717, 1.165) is 37.4 Å².